The first-order valence-electron chi connectivity index (χ1n) is 7.88. The minimum Gasteiger partial charge on any atom is -0.369 e. The van der Waals surface area contributed by atoms with Crippen molar-refractivity contribution in [3.05, 3.63) is 29.8 Å². The Morgan fingerprint density at radius 1 is 1.35 bits per heavy atom. The molecule has 1 aliphatic heterocycles. The molecule has 0 saturated carbocycles. The molecule has 1 aromatic carbocycles. The SMILES string of the molecule is CSc1ccc(CN(C)C(=O)CN2CCC[C@@H](C(N)=O)C2)cc1. The number of likely N-dealkylation sites (tertiary alicyclic amines) is 1. The summed E-state index contributed by atoms with van der Waals surface area (Å²) in [6.07, 6.45) is 3.79. The monoisotopic (exact) mass is 335 g/mol. The van der Waals surface area contributed by atoms with Crippen LogP contribution in [-0.4, -0.2) is 54.6 Å². The minimum atomic E-state index is -0.260. The molecule has 1 fully saturated rings. The second kappa shape index (κ2) is 8.36. The van der Waals surface area contributed by atoms with Crippen LogP contribution in [0.25, 0.3) is 0 Å². The topological polar surface area (TPSA) is 66.6 Å². The number of nitrogens with two attached hydrogens (primary N) is 1. The number of benzene rings is 1. The molecule has 1 saturated heterocycles. The highest BCUT2D eigenvalue weighted by atomic mass is 32.2. The first-order valence-corrected chi connectivity index (χ1v) is 9.10. The lowest BCUT2D eigenvalue weighted by Crippen LogP contribution is -2.45. The third kappa shape index (κ3) is 5.25. The Labute approximate surface area is 142 Å². The molecule has 0 spiro atoms. The Morgan fingerprint density at radius 2 is 2.04 bits per heavy atom. The number of amides is 2. The number of rotatable bonds is 6. The van der Waals surface area contributed by atoms with Gasteiger partial charge in [0.25, 0.3) is 0 Å². The molecule has 2 amide bonds. The molecule has 1 aromatic rings. The van der Waals surface area contributed by atoms with Crippen LogP contribution in [0, 0.1) is 5.92 Å². The fourth-order valence-corrected chi connectivity index (χ4v) is 3.24. The average Bonchev–Trinajstić information content (AvgIpc) is 2.55. The molecule has 0 bridgehead atoms. The van der Waals surface area contributed by atoms with Crippen molar-refractivity contribution in [2.45, 2.75) is 24.3 Å². The molecule has 23 heavy (non-hydrogen) atoms. The maximum Gasteiger partial charge on any atom is 0.236 e. The van der Waals surface area contributed by atoms with Gasteiger partial charge in [-0.15, -0.1) is 11.8 Å². The minimum absolute atomic E-state index is 0.0732. The van der Waals surface area contributed by atoms with Gasteiger partial charge in [0.2, 0.25) is 11.8 Å². The number of carbonyl (C=O) groups is 2. The van der Waals surface area contributed by atoms with E-state index in [0.717, 1.165) is 24.9 Å². The third-order valence-corrected chi connectivity index (χ3v) is 5.01. The first kappa shape index (κ1) is 17.8. The average molecular weight is 335 g/mol. The van der Waals surface area contributed by atoms with Crippen molar-refractivity contribution in [3.63, 3.8) is 0 Å². The normalized spacial score (nSPS) is 18.6. The number of piperidine rings is 1. The van der Waals surface area contributed by atoms with Crippen LogP contribution >= 0.6 is 11.8 Å². The van der Waals surface area contributed by atoms with Crippen molar-refractivity contribution in [1.82, 2.24) is 9.80 Å². The molecule has 0 unspecified atom stereocenters. The molecule has 126 valence electrons. The summed E-state index contributed by atoms with van der Waals surface area (Å²) in [7, 11) is 1.82. The van der Waals surface area contributed by atoms with Gasteiger partial charge in [-0.1, -0.05) is 12.1 Å². The lowest BCUT2D eigenvalue weighted by atomic mass is 9.97. The van der Waals surface area contributed by atoms with Crippen molar-refractivity contribution in [2.75, 3.05) is 32.9 Å². The van der Waals surface area contributed by atoms with Crippen molar-refractivity contribution >= 4 is 23.6 Å². The van der Waals surface area contributed by atoms with Crippen LogP contribution in [0.2, 0.25) is 0 Å². The number of carbonyl (C=O) groups excluding carboxylic acids is 2. The van der Waals surface area contributed by atoms with Gasteiger partial charge in [-0.3, -0.25) is 14.5 Å². The lowest BCUT2D eigenvalue weighted by Gasteiger charge is -2.31. The molecule has 0 aliphatic carbocycles. The number of hydrogen-bond donors (Lipinski definition) is 1. The number of nitrogens with zero attached hydrogens (tertiary/aromatic N) is 2. The fourth-order valence-electron chi connectivity index (χ4n) is 2.84. The summed E-state index contributed by atoms with van der Waals surface area (Å²) in [5.74, 6) is -0.311. The molecule has 6 heteroatoms. The largest absolute Gasteiger partial charge is 0.369 e. The maximum absolute atomic E-state index is 12.4. The summed E-state index contributed by atoms with van der Waals surface area (Å²) in [6.45, 7) is 2.40. The van der Waals surface area contributed by atoms with E-state index in [4.69, 9.17) is 5.73 Å². The smallest absolute Gasteiger partial charge is 0.236 e. The van der Waals surface area contributed by atoms with Crippen molar-refractivity contribution in [3.8, 4) is 0 Å². The second-order valence-corrected chi connectivity index (χ2v) is 6.95. The van der Waals surface area contributed by atoms with Crippen LogP contribution < -0.4 is 5.73 Å². The summed E-state index contributed by atoms with van der Waals surface area (Å²) in [5, 5.41) is 0. The highest BCUT2D eigenvalue weighted by molar-refractivity contribution is 7.98. The van der Waals surface area contributed by atoms with E-state index in [2.05, 4.69) is 24.3 Å². The van der Waals surface area contributed by atoms with E-state index in [0.29, 0.717) is 19.6 Å². The Morgan fingerprint density at radius 3 is 2.65 bits per heavy atom. The van der Waals surface area contributed by atoms with Gasteiger partial charge in [0, 0.05) is 25.0 Å². The van der Waals surface area contributed by atoms with E-state index in [1.54, 1.807) is 16.7 Å². The van der Waals surface area contributed by atoms with Crippen molar-refractivity contribution in [1.29, 1.82) is 0 Å². The van der Waals surface area contributed by atoms with Crippen molar-refractivity contribution in [2.24, 2.45) is 11.7 Å². The summed E-state index contributed by atoms with van der Waals surface area (Å²) in [5.41, 5.74) is 6.50. The molecule has 1 aliphatic rings. The van der Waals surface area contributed by atoms with E-state index < -0.39 is 0 Å². The predicted octanol–water partition coefficient (Wildman–Crippen LogP) is 1.56. The van der Waals surface area contributed by atoms with Crippen LogP contribution in [0.1, 0.15) is 18.4 Å². The summed E-state index contributed by atoms with van der Waals surface area (Å²) < 4.78 is 0. The van der Waals surface area contributed by atoms with E-state index in [1.165, 1.54) is 4.90 Å². The zero-order valence-corrected chi connectivity index (χ0v) is 14.6. The Bertz CT molecular complexity index is 547. The number of primary amides is 1. The highest BCUT2D eigenvalue weighted by Crippen LogP contribution is 2.17. The Balaban J connectivity index is 1.85. The molecule has 1 heterocycles. The quantitative estimate of drug-likeness (QED) is 0.801. The Kier molecular flexibility index (Phi) is 6.47. The van der Waals surface area contributed by atoms with Crippen LogP contribution in [0.15, 0.2) is 29.2 Å². The van der Waals surface area contributed by atoms with Gasteiger partial charge in [-0.25, -0.2) is 0 Å². The van der Waals surface area contributed by atoms with Gasteiger partial charge < -0.3 is 10.6 Å². The van der Waals surface area contributed by atoms with E-state index in [-0.39, 0.29) is 17.7 Å². The van der Waals surface area contributed by atoms with Crippen LogP contribution in [0.3, 0.4) is 0 Å². The van der Waals surface area contributed by atoms with E-state index in [9.17, 15) is 9.59 Å². The molecule has 2 rings (SSSR count). The zero-order chi connectivity index (χ0) is 16.8. The third-order valence-electron chi connectivity index (χ3n) is 4.27. The molecule has 5 nitrogen and oxygen atoms in total. The predicted molar refractivity (Wildman–Crippen MR) is 93.1 cm³/mol. The maximum atomic E-state index is 12.4. The second-order valence-electron chi connectivity index (χ2n) is 6.07. The number of thioether (sulfide) groups is 1. The molecule has 2 N–H and O–H groups in total. The van der Waals surface area contributed by atoms with Crippen LogP contribution in [-0.2, 0) is 16.1 Å². The van der Waals surface area contributed by atoms with Gasteiger partial charge in [0.15, 0.2) is 0 Å². The molecular formula is C17H25N3O2S. The highest BCUT2D eigenvalue weighted by Gasteiger charge is 2.25. The van der Waals surface area contributed by atoms with E-state index >= 15 is 0 Å². The van der Waals surface area contributed by atoms with Crippen LogP contribution in [0.5, 0.6) is 0 Å². The summed E-state index contributed by atoms with van der Waals surface area (Å²) in [6, 6.07) is 8.25. The lowest BCUT2D eigenvalue weighted by molar-refractivity contribution is -0.133. The summed E-state index contributed by atoms with van der Waals surface area (Å²) in [4.78, 5) is 28.7. The summed E-state index contributed by atoms with van der Waals surface area (Å²) >= 11 is 1.70. The van der Waals surface area contributed by atoms with E-state index in [1.807, 2.05) is 18.2 Å². The number of likely N-dealkylation sites (N-methyl/N-ethyl adjacent to an activating group) is 1. The van der Waals surface area contributed by atoms with Gasteiger partial charge in [0.1, 0.15) is 0 Å². The molecule has 1 atom stereocenters. The fraction of sp³-hybridized carbons (Fsp3) is 0.529. The van der Waals surface area contributed by atoms with Gasteiger partial charge in [-0.05, 0) is 43.3 Å². The zero-order valence-electron chi connectivity index (χ0n) is 13.8. The first-order chi connectivity index (χ1) is 11.0. The Hall–Kier alpha value is -1.53. The molecule has 0 radical (unpaired) electrons. The van der Waals surface area contributed by atoms with Gasteiger partial charge in [0.05, 0.1) is 12.5 Å². The number of hydrogen-bond acceptors (Lipinski definition) is 4. The van der Waals surface area contributed by atoms with Crippen LogP contribution in [0.4, 0.5) is 0 Å². The molecular weight excluding hydrogens is 310 g/mol. The molecule has 0 aromatic heterocycles. The van der Waals surface area contributed by atoms with Gasteiger partial charge in [-0.2, -0.15) is 0 Å². The van der Waals surface area contributed by atoms with Crippen molar-refractivity contribution < 1.29 is 9.59 Å². The standard InChI is InChI=1S/C17H25N3O2S/c1-19(10-13-5-7-15(23-2)8-6-13)16(21)12-20-9-3-4-14(11-20)17(18)22/h5-8,14H,3-4,9-12H2,1-2H3,(H2,18,22)/t14-/m1/s1. The van der Waals surface area contributed by atoms with Gasteiger partial charge >= 0.3 is 0 Å².